The average molecular weight is 618 g/mol. The van der Waals surface area contributed by atoms with Gasteiger partial charge in [0.05, 0.1) is 22.8 Å². The zero-order valence-electron chi connectivity index (χ0n) is 25.6. The summed E-state index contributed by atoms with van der Waals surface area (Å²) in [5.41, 5.74) is 15.4. The number of H-pyrrole nitrogens is 2. The van der Waals surface area contributed by atoms with Crippen molar-refractivity contribution in [1.82, 2.24) is 19.9 Å². The summed E-state index contributed by atoms with van der Waals surface area (Å²) in [6, 6.07) is 8.19. The van der Waals surface area contributed by atoms with Gasteiger partial charge in [0.1, 0.15) is 0 Å². The Hall–Kier alpha value is -3.88. The Balaban J connectivity index is 0.00000423. The predicted octanol–water partition coefficient (Wildman–Crippen LogP) is 7.64. The molecule has 0 fully saturated rings. The van der Waals surface area contributed by atoms with Crippen LogP contribution in [-0.4, -0.2) is 42.1 Å². The molecule has 0 aliphatic carbocycles. The van der Waals surface area contributed by atoms with E-state index in [2.05, 4.69) is 49.8 Å². The van der Waals surface area contributed by atoms with Gasteiger partial charge in [0.15, 0.2) is 0 Å². The fourth-order valence-corrected chi connectivity index (χ4v) is 6.22. The maximum absolute atomic E-state index is 11.5. The number of aromatic amines is 2. The van der Waals surface area contributed by atoms with Gasteiger partial charge in [-0.2, -0.15) is 0 Å². The quantitative estimate of drug-likeness (QED) is 0.205. The first-order valence-corrected chi connectivity index (χ1v) is 14.6. The molecule has 3 aromatic heterocycles. The van der Waals surface area contributed by atoms with E-state index in [1.165, 1.54) is 16.7 Å². The molecule has 0 amide bonds. The third-order valence-electron chi connectivity index (χ3n) is 8.69. The Kier molecular flexibility index (Phi) is 9.52. The van der Waals surface area contributed by atoms with Gasteiger partial charge in [-0.05, 0) is 122 Å². The molecule has 0 saturated carbocycles. The molecule has 1 radical (unpaired) electrons. The number of hydrogen-bond donors (Lipinski definition) is 4. The third-order valence-corrected chi connectivity index (χ3v) is 8.69. The summed E-state index contributed by atoms with van der Waals surface area (Å²) < 4.78 is 0. The molecule has 5 heterocycles. The number of allylic oxidation sites excluding steroid dienone is 4. The second-order valence-electron chi connectivity index (χ2n) is 11.2. The topological polar surface area (TPSA) is 132 Å². The van der Waals surface area contributed by atoms with Crippen molar-refractivity contribution in [1.29, 1.82) is 0 Å². The fourth-order valence-electron chi connectivity index (χ4n) is 6.22. The van der Waals surface area contributed by atoms with Crippen molar-refractivity contribution in [3.05, 3.63) is 69.3 Å². The Morgan fingerprint density at radius 3 is 1.44 bits per heavy atom. The number of aliphatic carboxylic acids is 2. The Morgan fingerprint density at radius 1 is 0.628 bits per heavy atom. The van der Waals surface area contributed by atoms with E-state index < -0.39 is 11.9 Å². The monoisotopic (exact) mass is 617 g/mol. The van der Waals surface area contributed by atoms with E-state index >= 15 is 0 Å². The molecule has 0 saturated heterocycles. The van der Waals surface area contributed by atoms with Gasteiger partial charge in [-0.15, -0.1) is 0 Å². The van der Waals surface area contributed by atoms with Crippen molar-refractivity contribution < 1.29 is 38.4 Å². The first-order chi connectivity index (χ1) is 20.0. The second-order valence-corrected chi connectivity index (χ2v) is 11.2. The van der Waals surface area contributed by atoms with Crippen LogP contribution in [0.2, 0.25) is 0 Å². The van der Waals surface area contributed by atoms with Gasteiger partial charge in [0.25, 0.3) is 0 Å². The van der Waals surface area contributed by atoms with Gasteiger partial charge in [-0.3, -0.25) is 9.59 Å². The number of hydrogen-bond acceptors (Lipinski definition) is 4. The minimum atomic E-state index is -0.869. The van der Waals surface area contributed by atoms with Crippen LogP contribution < -0.4 is 0 Å². The van der Waals surface area contributed by atoms with Crippen LogP contribution >= 0.6 is 0 Å². The van der Waals surface area contributed by atoms with Gasteiger partial charge in [0.2, 0.25) is 0 Å². The van der Waals surface area contributed by atoms with Crippen LogP contribution in [0.1, 0.15) is 98.4 Å². The summed E-state index contributed by atoms with van der Waals surface area (Å²) in [4.78, 5) is 40.3. The van der Waals surface area contributed by atoms with E-state index in [1.54, 1.807) is 0 Å². The maximum atomic E-state index is 11.5. The molecule has 9 heteroatoms. The molecule has 0 unspecified atom stereocenters. The minimum Gasteiger partial charge on any atom is -0.481 e. The number of rotatable bonds is 8. The van der Waals surface area contributed by atoms with Crippen LogP contribution in [0.5, 0.6) is 0 Å². The number of nitrogens with zero attached hydrogens (tertiary/aromatic N) is 2. The molecule has 5 rings (SSSR count). The summed E-state index contributed by atoms with van der Waals surface area (Å²) in [5.74, 6) is -1.74. The molecule has 2 aliphatic rings. The molecule has 223 valence electrons. The summed E-state index contributed by atoms with van der Waals surface area (Å²) in [5, 5.41) is 18.9. The van der Waals surface area contributed by atoms with Crippen LogP contribution in [0.25, 0.3) is 44.4 Å². The molecule has 8 nitrogen and oxygen atoms in total. The molecule has 0 aromatic carbocycles. The summed E-state index contributed by atoms with van der Waals surface area (Å²) in [7, 11) is 0. The Labute approximate surface area is 263 Å². The molecule has 4 N–H and O–H groups in total. The van der Waals surface area contributed by atoms with Gasteiger partial charge in [-0.1, -0.05) is 13.8 Å². The molecule has 43 heavy (non-hydrogen) atoms. The number of carbonyl (C=O) groups is 2. The standard InChI is InChI=1S/C34H38N4O4.V/c1-7-21-17(3)25-13-26-19(5)23(9-11-33(39)40)31(37-26)16-32-24(10-12-34(41)42)20(6)28(38-32)15-30-22(8-2)18(4)27(36-30)14-29(21)35-25;/h13-16,35-36H,7-12H2,1-6H3,(H,39,40)(H,41,42);. The summed E-state index contributed by atoms with van der Waals surface area (Å²) in [6.07, 6.45) is 2.37. The Morgan fingerprint density at radius 2 is 1.02 bits per heavy atom. The van der Waals surface area contributed by atoms with Crippen molar-refractivity contribution in [2.45, 2.75) is 80.1 Å². The van der Waals surface area contributed by atoms with E-state index in [0.29, 0.717) is 24.2 Å². The number of aromatic nitrogens is 4. The van der Waals surface area contributed by atoms with Gasteiger partial charge in [0, 0.05) is 53.5 Å². The minimum absolute atomic E-state index is 0. The van der Waals surface area contributed by atoms with E-state index in [1.807, 2.05) is 26.0 Å². The van der Waals surface area contributed by atoms with E-state index in [9.17, 15) is 19.8 Å². The van der Waals surface area contributed by atoms with Crippen molar-refractivity contribution >= 4 is 56.3 Å². The van der Waals surface area contributed by atoms with E-state index in [4.69, 9.17) is 9.97 Å². The van der Waals surface area contributed by atoms with Crippen molar-refractivity contribution in [2.75, 3.05) is 0 Å². The first-order valence-electron chi connectivity index (χ1n) is 14.6. The number of aryl methyl sites for hydroxylation is 4. The molecule has 3 aromatic rings. The summed E-state index contributed by atoms with van der Waals surface area (Å²) in [6.45, 7) is 12.5. The fraction of sp³-hybridized carbons (Fsp3) is 0.353. The normalized spacial score (nSPS) is 13.0. The SMILES string of the molecule is CCc1c(C)c2cc3[nH]c(cc4nc(cc5nc(cc1[nH]2)C(C)=C5CCC(=O)O)C(CCC(=O)O)=C4C)c(C)c3CC.[V]. The number of carboxylic acids is 2. The van der Waals surface area contributed by atoms with Crippen molar-refractivity contribution in [3.8, 4) is 0 Å². The second kappa shape index (κ2) is 12.8. The first kappa shape index (κ1) is 32.0. The molecular formula is C34H38N4O4V. The van der Waals surface area contributed by atoms with E-state index in [-0.39, 0.29) is 31.4 Å². The van der Waals surface area contributed by atoms with Crippen LogP contribution in [-0.2, 0) is 41.0 Å². The number of carboxylic acid groups (broad SMARTS) is 2. The number of fused-ring (bicyclic) bond motifs is 8. The molecular weight excluding hydrogens is 579 g/mol. The molecule has 2 aliphatic heterocycles. The van der Waals surface area contributed by atoms with Crippen molar-refractivity contribution in [2.24, 2.45) is 0 Å². The van der Waals surface area contributed by atoms with Crippen LogP contribution in [0.4, 0.5) is 0 Å². The van der Waals surface area contributed by atoms with Crippen LogP contribution in [0, 0.1) is 13.8 Å². The Bertz CT molecular complexity index is 1860. The number of nitrogens with one attached hydrogen (secondary N) is 2. The van der Waals surface area contributed by atoms with Gasteiger partial charge < -0.3 is 20.2 Å². The molecule has 0 spiro atoms. The van der Waals surface area contributed by atoms with Crippen LogP contribution in [0.3, 0.4) is 0 Å². The smallest absolute Gasteiger partial charge is 0.303 e. The average Bonchev–Trinajstić information content (AvgIpc) is 3.59. The third kappa shape index (κ3) is 6.13. The van der Waals surface area contributed by atoms with Crippen LogP contribution in [0.15, 0.2) is 24.3 Å². The van der Waals surface area contributed by atoms with Gasteiger partial charge in [-0.25, -0.2) is 9.97 Å². The zero-order valence-corrected chi connectivity index (χ0v) is 27.0. The van der Waals surface area contributed by atoms with E-state index in [0.717, 1.165) is 74.2 Å². The molecule has 8 bridgehead atoms. The largest absolute Gasteiger partial charge is 0.481 e. The van der Waals surface area contributed by atoms with Crippen molar-refractivity contribution in [3.63, 3.8) is 0 Å². The predicted molar refractivity (Wildman–Crippen MR) is 168 cm³/mol. The zero-order chi connectivity index (χ0) is 30.3. The molecule has 0 atom stereocenters. The van der Waals surface area contributed by atoms with Gasteiger partial charge >= 0.3 is 11.9 Å². The maximum Gasteiger partial charge on any atom is 0.303 e. The summed E-state index contributed by atoms with van der Waals surface area (Å²) >= 11 is 0.